The molecule has 1 amide bonds. The molecule has 1 aliphatic heterocycles. The van der Waals surface area contributed by atoms with Gasteiger partial charge in [-0.25, -0.2) is 9.97 Å². The van der Waals surface area contributed by atoms with Gasteiger partial charge in [-0.1, -0.05) is 6.07 Å². The number of hydrogen-bond donors (Lipinski definition) is 1. The number of carbonyl (C=O) groups excluding carboxylic acids is 1. The third-order valence-corrected chi connectivity index (χ3v) is 4.91. The summed E-state index contributed by atoms with van der Waals surface area (Å²) in [5.74, 6) is 0.589. The molecule has 3 rings (SSSR count). The van der Waals surface area contributed by atoms with Crippen LogP contribution in [0.2, 0.25) is 0 Å². The van der Waals surface area contributed by atoms with Crippen LogP contribution in [0.5, 0.6) is 0 Å². The number of aromatic nitrogens is 2. The van der Waals surface area contributed by atoms with Crippen LogP contribution in [0.15, 0.2) is 24.3 Å². The lowest BCUT2D eigenvalue weighted by Crippen LogP contribution is -2.45. The third kappa shape index (κ3) is 4.36. The topological polar surface area (TPSA) is 64.6 Å². The largest absolute Gasteiger partial charge is 0.378 e. The number of amides is 1. The molecule has 0 bridgehead atoms. The van der Waals surface area contributed by atoms with Crippen LogP contribution in [0.1, 0.15) is 21.7 Å². The number of anilines is 3. The maximum atomic E-state index is 12.7. The molecule has 1 N–H and O–H groups in total. The Morgan fingerprint density at radius 2 is 1.70 bits per heavy atom. The van der Waals surface area contributed by atoms with Crippen molar-refractivity contribution in [2.24, 2.45) is 0 Å². The summed E-state index contributed by atoms with van der Waals surface area (Å²) in [5, 5.41) is 2.99. The smallest absolute Gasteiger partial charge is 0.255 e. The van der Waals surface area contributed by atoms with Gasteiger partial charge in [-0.2, -0.15) is 0 Å². The minimum Gasteiger partial charge on any atom is -0.378 e. The van der Waals surface area contributed by atoms with Crippen LogP contribution in [0, 0.1) is 13.8 Å². The van der Waals surface area contributed by atoms with Gasteiger partial charge in [0.25, 0.3) is 5.91 Å². The van der Waals surface area contributed by atoms with E-state index in [1.807, 2.05) is 57.1 Å². The summed E-state index contributed by atoms with van der Waals surface area (Å²) in [6.07, 6.45) is 0. The molecule has 0 unspecified atom stereocenters. The number of hydrogen-bond acceptors (Lipinski definition) is 6. The maximum Gasteiger partial charge on any atom is 0.255 e. The summed E-state index contributed by atoms with van der Waals surface area (Å²) in [4.78, 5) is 28.5. The van der Waals surface area contributed by atoms with Crippen LogP contribution in [0.3, 0.4) is 0 Å². The van der Waals surface area contributed by atoms with E-state index in [2.05, 4.69) is 32.1 Å². The molecule has 2 aromatic rings. The fraction of sp³-hybridized carbons (Fsp3) is 0.450. The van der Waals surface area contributed by atoms with Crippen molar-refractivity contribution < 1.29 is 4.79 Å². The van der Waals surface area contributed by atoms with Gasteiger partial charge in [0.1, 0.15) is 0 Å². The van der Waals surface area contributed by atoms with Crippen molar-refractivity contribution in [2.75, 3.05) is 62.4 Å². The molecule has 1 saturated heterocycles. The zero-order chi connectivity index (χ0) is 19.6. The quantitative estimate of drug-likeness (QED) is 0.892. The Hall–Kier alpha value is -2.67. The summed E-state index contributed by atoms with van der Waals surface area (Å²) in [5.41, 5.74) is 3.86. The lowest BCUT2D eigenvalue weighted by molar-refractivity contribution is 0.102. The minimum absolute atomic E-state index is 0.152. The van der Waals surface area contributed by atoms with Crippen molar-refractivity contribution in [1.82, 2.24) is 14.9 Å². The number of likely N-dealkylation sites (N-methyl/N-ethyl adjacent to an activating group) is 1. The first kappa shape index (κ1) is 19.1. The summed E-state index contributed by atoms with van der Waals surface area (Å²) in [6.45, 7) is 7.67. The Balaban J connectivity index is 1.79. The number of rotatable bonds is 4. The molecule has 0 aliphatic carbocycles. The first-order valence-electron chi connectivity index (χ1n) is 9.22. The zero-order valence-corrected chi connectivity index (χ0v) is 16.8. The molecule has 2 heterocycles. The highest BCUT2D eigenvalue weighted by molar-refractivity contribution is 6.05. The van der Waals surface area contributed by atoms with Gasteiger partial charge in [0.2, 0.25) is 5.95 Å². The van der Waals surface area contributed by atoms with Crippen molar-refractivity contribution in [2.45, 2.75) is 13.8 Å². The molecule has 1 aromatic heterocycles. The number of carbonyl (C=O) groups is 1. The SMILES string of the molecule is Cc1nc(N2CCN(C)CC2)nc(C)c1NC(=O)c1cccc(N(C)C)c1. The molecule has 144 valence electrons. The number of aryl methyl sites for hydroxylation is 2. The molecular weight excluding hydrogens is 340 g/mol. The second-order valence-electron chi connectivity index (χ2n) is 7.26. The Bertz CT molecular complexity index is 804. The first-order valence-corrected chi connectivity index (χ1v) is 9.22. The highest BCUT2D eigenvalue weighted by Gasteiger charge is 2.19. The number of nitrogens with one attached hydrogen (secondary N) is 1. The second-order valence-corrected chi connectivity index (χ2v) is 7.26. The normalized spacial score (nSPS) is 14.9. The lowest BCUT2D eigenvalue weighted by atomic mass is 10.1. The van der Waals surface area contributed by atoms with Gasteiger partial charge in [0, 0.05) is 51.5 Å². The standard InChI is InChI=1S/C20H28N6O/c1-14-18(23-19(27)16-7-6-8-17(13-16)24(3)4)15(2)22-20(21-14)26-11-9-25(5)10-12-26/h6-8,13H,9-12H2,1-5H3,(H,23,27). The van der Waals surface area contributed by atoms with Crippen molar-refractivity contribution >= 4 is 23.2 Å². The minimum atomic E-state index is -0.152. The molecule has 0 spiro atoms. The van der Waals surface area contributed by atoms with E-state index in [9.17, 15) is 4.79 Å². The lowest BCUT2D eigenvalue weighted by Gasteiger charge is -2.32. The van der Waals surface area contributed by atoms with Gasteiger partial charge in [0.15, 0.2) is 0 Å². The van der Waals surface area contributed by atoms with Gasteiger partial charge < -0.3 is 20.0 Å². The average molecular weight is 368 g/mol. The molecule has 7 heteroatoms. The van der Waals surface area contributed by atoms with Crippen LogP contribution in [0.4, 0.5) is 17.3 Å². The Morgan fingerprint density at radius 1 is 1.07 bits per heavy atom. The van der Waals surface area contributed by atoms with E-state index in [0.717, 1.165) is 49.2 Å². The number of nitrogens with zero attached hydrogens (tertiary/aromatic N) is 5. The van der Waals surface area contributed by atoms with Gasteiger partial charge in [-0.15, -0.1) is 0 Å². The zero-order valence-electron chi connectivity index (χ0n) is 16.8. The predicted octanol–water partition coefficient (Wildman–Crippen LogP) is 2.16. The van der Waals surface area contributed by atoms with Gasteiger partial charge in [-0.3, -0.25) is 4.79 Å². The fourth-order valence-electron chi connectivity index (χ4n) is 3.14. The van der Waals surface area contributed by atoms with Crippen LogP contribution in [0.25, 0.3) is 0 Å². The summed E-state index contributed by atoms with van der Waals surface area (Å²) in [7, 11) is 6.03. The molecule has 1 aliphatic rings. The molecule has 27 heavy (non-hydrogen) atoms. The Morgan fingerprint density at radius 3 is 2.30 bits per heavy atom. The van der Waals surface area contributed by atoms with Crippen molar-refractivity contribution in [3.05, 3.63) is 41.2 Å². The van der Waals surface area contributed by atoms with Gasteiger partial charge in [-0.05, 0) is 39.1 Å². The van der Waals surface area contributed by atoms with E-state index in [0.29, 0.717) is 11.3 Å². The average Bonchev–Trinajstić information content (AvgIpc) is 2.65. The van der Waals surface area contributed by atoms with Crippen LogP contribution in [-0.4, -0.2) is 68.1 Å². The molecule has 1 aromatic carbocycles. The predicted molar refractivity (Wildman–Crippen MR) is 110 cm³/mol. The van der Waals surface area contributed by atoms with E-state index in [-0.39, 0.29) is 5.91 Å². The molecule has 7 nitrogen and oxygen atoms in total. The monoisotopic (exact) mass is 368 g/mol. The van der Waals surface area contributed by atoms with Crippen LogP contribution < -0.4 is 15.1 Å². The van der Waals surface area contributed by atoms with Crippen LogP contribution >= 0.6 is 0 Å². The van der Waals surface area contributed by atoms with Gasteiger partial charge in [0.05, 0.1) is 17.1 Å². The van der Waals surface area contributed by atoms with Crippen molar-refractivity contribution in [3.63, 3.8) is 0 Å². The molecule has 0 atom stereocenters. The first-order chi connectivity index (χ1) is 12.8. The van der Waals surface area contributed by atoms with Crippen LogP contribution in [-0.2, 0) is 0 Å². The molecule has 1 fully saturated rings. The van der Waals surface area contributed by atoms with E-state index in [1.54, 1.807) is 0 Å². The highest BCUT2D eigenvalue weighted by Crippen LogP contribution is 2.22. The maximum absolute atomic E-state index is 12.7. The van der Waals surface area contributed by atoms with Crippen molar-refractivity contribution in [1.29, 1.82) is 0 Å². The van der Waals surface area contributed by atoms with Crippen molar-refractivity contribution in [3.8, 4) is 0 Å². The third-order valence-electron chi connectivity index (χ3n) is 4.91. The summed E-state index contributed by atoms with van der Waals surface area (Å²) >= 11 is 0. The summed E-state index contributed by atoms with van der Waals surface area (Å²) < 4.78 is 0. The Labute approximate surface area is 161 Å². The summed E-state index contributed by atoms with van der Waals surface area (Å²) in [6, 6.07) is 7.55. The fourth-order valence-corrected chi connectivity index (χ4v) is 3.14. The number of benzene rings is 1. The Kier molecular flexibility index (Phi) is 5.60. The second kappa shape index (κ2) is 7.92. The molecular formula is C20H28N6O. The number of piperazine rings is 1. The molecule has 0 radical (unpaired) electrons. The van der Waals surface area contributed by atoms with E-state index >= 15 is 0 Å². The van der Waals surface area contributed by atoms with E-state index in [1.165, 1.54) is 0 Å². The van der Waals surface area contributed by atoms with E-state index < -0.39 is 0 Å². The molecule has 0 saturated carbocycles. The van der Waals surface area contributed by atoms with Gasteiger partial charge >= 0.3 is 0 Å². The highest BCUT2D eigenvalue weighted by atomic mass is 16.1. The van der Waals surface area contributed by atoms with E-state index in [4.69, 9.17) is 0 Å².